The van der Waals surface area contributed by atoms with Crippen molar-refractivity contribution in [2.45, 2.75) is 24.8 Å². The maximum atomic E-state index is 12.8. The van der Waals surface area contributed by atoms with Crippen LogP contribution in [-0.2, 0) is 23.9 Å². The van der Waals surface area contributed by atoms with Gasteiger partial charge in [-0.1, -0.05) is 30.3 Å². The van der Waals surface area contributed by atoms with Crippen LogP contribution in [0.25, 0.3) is 0 Å². The largest absolute Gasteiger partial charge is 0.464 e. The fraction of sp³-hybridized carbons (Fsp3) is 0.471. The zero-order valence-corrected chi connectivity index (χ0v) is 13.0. The molecule has 6 nitrogen and oxygen atoms in total. The summed E-state index contributed by atoms with van der Waals surface area (Å²) in [5.41, 5.74) is -0.681. The van der Waals surface area contributed by atoms with Crippen molar-refractivity contribution in [1.82, 2.24) is 4.90 Å². The smallest absolute Gasteiger partial charge is 0.335 e. The molecule has 0 bridgehead atoms. The average Bonchev–Trinajstić information content (AvgIpc) is 2.78. The van der Waals surface area contributed by atoms with Gasteiger partial charge in [0.1, 0.15) is 6.61 Å². The van der Waals surface area contributed by atoms with E-state index in [9.17, 15) is 14.4 Å². The highest BCUT2D eigenvalue weighted by molar-refractivity contribution is 6.11. The van der Waals surface area contributed by atoms with Gasteiger partial charge in [0.05, 0.1) is 19.1 Å². The first-order valence-electron chi connectivity index (χ1n) is 7.76. The lowest BCUT2D eigenvalue weighted by atomic mass is 9.77. The Morgan fingerprint density at radius 1 is 1.35 bits per heavy atom. The van der Waals surface area contributed by atoms with Gasteiger partial charge in [-0.2, -0.15) is 0 Å². The van der Waals surface area contributed by atoms with Crippen LogP contribution in [0.5, 0.6) is 0 Å². The molecular formula is C17H19NO5. The van der Waals surface area contributed by atoms with E-state index in [1.165, 1.54) is 0 Å². The monoisotopic (exact) mass is 317 g/mol. The van der Waals surface area contributed by atoms with Gasteiger partial charge in [0.25, 0.3) is 0 Å². The van der Waals surface area contributed by atoms with Gasteiger partial charge in [-0.15, -0.1) is 0 Å². The van der Waals surface area contributed by atoms with Crippen LogP contribution in [-0.4, -0.2) is 54.5 Å². The van der Waals surface area contributed by atoms with Crippen LogP contribution in [0.15, 0.2) is 30.3 Å². The summed E-state index contributed by atoms with van der Waals surface area (Å²) in [7, 11) is 0. The van der Waals surface area contributed by atoms with Crippen molar-refractivity contribution in [2.75, 3.05) is 26.3 Å². The molecule has 1 aromatic carbocycles. The van der Waals surface area contributed by atoms with Crippen LogP contribution in [0.4, 0.5) is 0 Å². The highest BCUT2D eigenvalue weighted by Gasteiger charge is 2.62. The van der Waals surface area contributed by atoms with E-state index in [-0.39, 0.29) is 32.0 Å². The highest BCUT2D eigenvalue weighted by atomic mass is 16.5. The Balaban J connectivity index is 2.15. The molecule has 0 amide bonds. The molecule has 0 aromatic heterocycles. The number of cyclic esters (lactones) is 1. The van der Waals surface area contributed by atoms with E-state index < -0.39 is 23.4 Å². The molecule has 0 aliphatic carbocycles. The van der Waals surface area contributed by atoms with Crippen LogP contribution < -0.4 is 0 Å². The second-order valence-corrected chi connectivity index (χ2v) is 5.73. The summed E-state index contributed by atoms with van der Waals surface area (Å²) in [6, 6.07) is 9.22. The summed E-state index contributed by atoms with van der Waals surface area (Å²) < 4.78 is 10.5. The summed E-state index contributed by atoms with van der Waals surface area (Å²) in [5.74, 6) is -1.78. The van der Waals surface area contributed by atoms with Gasteiger partial charge in [0.15, 0.2) is 11.3 Å². The molecule has 3 rings (SSSR count). The summed E-state index contributed by atoms with van der Waals surface area (Å²) in [6.45, 7) is 2.15. The van der Waals surface area contributed by atoms with E-state index in [1.54, 1.807) is 11.8 Å². The van der Waals surface area contributed by atoms with Gasteiger partial charge in [0.2, 0.25) is 0 Å². The number of carbonyl (C=O) groups is 3. The van der Waals surface area contributed by atoms with Crippen LogP contribution in [0.3, 0.4) is 0 Å². The standard InChI is InChI=1S/C17H19NO5/c1-2-22-16(21)17-13(12-6-4-3-5-7-12)11-23-15(20)10-18(17)9-8-14(17)19/h3-7,13H,2,8-11H2,1H3/t13-,17-/m0/s1. The third kappa shape index (κ3) is 2.43. The van der Waals surface area contributed by atoms with Crippen LogP contribution in [0.1, 0.15) is 24.8 Å². The lowest BCUT2D eigenvalue weighted by molar-refractivity contribution is -0.160. The van der Waals surface area contributed by atoms with Gasteiger partial charge in [-0.05, 0) is 12.5 Å². The van der Waals surface area contributed by atoms with Gasteiger partial charge in [-0.25, -0.2) is 4.79 Å². The SMILES string of the molecule is CCOC(=O)[C@]12C(=O)CCN1CC(=O)OC[C@H]2c1ccccc1. The van der Waals surface area contributed by atoms with Crippen molar-refractivity contribution >= 4 is 17.7 Å². The van der Waals surface area contributed by atoms with Gasteiger partial charge >= 0.3 is 11.9 Å². The fourth-order valence-electron chi connectivity index (χ4n) is 3.55. The quantitative estimate of drug-likeness (QED) is 0.609. The molecule has 2 fully saturated rings. The molecule has 1 aromatic rings. The number of rotatable bonds is 3. The highest BCUT2D eigenvalue weighted by Crippen LogP contribution is 2.42. The molecule has 0 spiro atoms. The average molecular weight is 317 g/mol. The molecule has 0 radical (unpaired) electrons. The molecule has 0 unspecified atom stereocenters. The molecule has 122 valence electrons. The van der Waals surface area contributed by atoms with Crippen molar-refractivity contribution in [1.29, 1.82) is 0 Å². The van der Waals surface area contributed by atoms with Crippen molar-refractivity contribution in [3.8, 4) is 0 Å². The first-order chi connectivity index (χ1) is 11.1. The number of hydrogen-bond donors (Lipinski definition) is 0. The zero-order chi connectivity index (χ0) is 16.4. The predicted molar refractivity (Wildman–Crippen MR) is 80.7 cm³/mol. The number of esters is 2. The number of Topliss-reactive ketones (excluding diaryl/α,β-unsaturated/α-hetero) is 1. The topological polar surface area (TPSA) is 72.9 Å². The van der Waals surface area contributed by atoms with Crippen molar-refractivity contribution in [2.24, 2.45) is 0 Å². The Bertz CT molecular complexity index is 629. The summed E-state index contributed by atoms with van der Waals surface area (Å²) in [4.78, 5) is 39.1. The zero-order valence-electron chi connectivity index (χ0n) is 13.0. The van der Waals surface area contributed by atoms with E-state index in [4.69, 9.17) is 9.47 Å². The van der Waals surface area contributed by atoms with E-state index in [1.807, 2.05) is 30.3 Å². The lowest BCUT2D eigenvalue weighted by Gasteiger charge is -2.37. The Kier molecular flexibility index (Phi) is 4.17. The van der Waals surface area contributed by atoms with Crippen molar-refractivity contribution in [3.63, 3.8) is 0 Å². The number of ether oxygens (including phenoxy) is 2. The normalized spacial score (nSPS) is 28.0. The van der Waals surface area contributed by atoms with E-state index in [2.05, 4.69) is 0 Å². The number of ketones is 1. The summed E-state index contributed by atoms with van der Waals surface area (Å²) >= 11 is 0. The Labute approximate surface area is 134 Å². The van der Waals surface area contributed by atoms with Crippen LogP contribution in [0.2, 0.25) is 0 Å². The second-order valence-electron chi connectivity index (χ2n) is 5.73. The molecule has 2 saturated heterocycles. The number of carbonyl (C=O) groups excluding carboxylic acids is 3. The Morgan fingerprint density at radius 2 is 2.09 bits per heavy atom. The summed E-state index contributed by atoms with van der Waals surface area (Å²) in [5, 5.41) is 0. The predicted octanol–water partition coefficient (Wildman–Crippen LogP) is 0.904. The first-order valence-corrected chi connectivity index (χ1v) is 7.76. The molecule has 0 saturated carbocycles. The molecular weight excluding hydrogens is 298 g/mol. The Morgan fingerprint density at radius 3 is 2.78 bits per heavy atom. The summed E-state index contributed by atoms with van der Waals surface area (Å²) in [6.07, 6.45) is 0.232. The Hall–Kier alpha value is -2.21. The number of nitrogens with zero attached hydrogens (tertiary/aromatic N) is 1. The third-order valence-electron chi connectivity index (χ3n) is 4.56. The molecule has 2 atom stereocenters. The van der Waals surface area contributed by atoms with Gasteiger partial charge < -0.3 is 9.47 Å². The second kappa shape index (κ2) is 6.12. The maximum absolute atomic E-state index is 12.8. The molecule has 6 heteroatoms. The number of benzene rings is 1. The van der Waals surface area contributed by atoms with E-state index in [0.717, 1.165) is 5.56 Å². The van der Waals surface area contributed by atoms with Gasteiger partial charge in [-0.3, -0.25) is 14.5 Å². The molecule has 2 heterocycles. The first kappa shape index (κ1) is 15.7. The van der Waals surface area contributed by atoms with Gasteiger partial charge in [0, 0.05) is 13.0 Å². The van der Waals surface area contributed by atoms with Crippen molar-refractivity contribution in [3.05, 3.63) is 35.9 Å². The minimum absolute atomic E-state index is 0.0100. The molecule has 2 aliphatic rings. The van der Waals surface area contributed by atoms with Crippen LogP contribution >= 0.6 is 0 Å². The third-order valence-corrected chi connectivity index (χ3v) is 4.56. The fourth-order valence-corrected chi connectivity index (χ4v) is 3.55. The molecule has 2 aliphatic heterocycles. The lowest BCUT2D eigenvalue weighted by Crippen LogP contribution is -2.60. The van der Waals surface area contributed by atoms with E-state index in [0.29, 0.717) is 6.54 Å². The number of fused-ring (bicyclic) bond motifs is 1. The minimum Gasteiger partial charge on any atom is -0.464 e. The van der Waals surface area contributed by atoms with Crippen LogP contribution in [0, 0.1) is 0 Å². The minimum atomic E-state index is -1.47. The molecule has 0 N–H and O–H groups in total. The molecule has 23 heavy (non-hydrogen) atoms. The number of hydrogen-bond acceptors (Lipinski definition) is 6. The van der Waals surface area contributed by atoms with Crippen molar-refractivity contribution < 1.29 is 23.9 Å². The van der Waals surface area contributed by atoms with E-state index >= 15 is 0 Å². The maximum Gasteiger partial charge on any atom is 0.335 e.